The summed E-state index contributed by atoms with van der Waals surface area (Å²) in [7, 11) is 0. The molecule has 3 rings (SSSR count). The molecule has 2 aromatic carbocycles. The van der Waals surface area contributed by atoms with Crippen LogP contribution in [0.2, 0.25) is 0 Å². The number of hydrogen-bond donors (Lipinski definition) is 1. The second-order valence-electron chi connectivity index (χ2n) is 8.73. The lowest BCUT2D eigenvalue weighted by atomic mass is 10.2. The molecule has 0 spiro atoms. The number of urea groups is 1. The van der Waals surface area contributed by atoms with E-state index in [4.69, 9.17) is 0 Å². The molecule has 0 aliphatic carbocycles. The molecule has 0 unspecified atom stereocenters. The first-order valence-electron chi connectivity index (χ1n) is 11.2. The zero-order chi connectivity index (χ0) is 25.5. The van der Waals surface area contributed by atoms with Crippen LogP contribution in [0.25, 0.3) is 0 Å². The van der Waals surface area contributed by atoms with Crippen molar-refractivity contribution in [2.45, 2.75) is 33.9 Å². The summed E-state index contributed by atoms with van der Waals surface area (Å²) < 4.78 is 40.7. The Kier molecular flexibility index (Phi) is 8.92. The number of carbonyl (C=O) groups excluding carboxylic acids is 2. The summed E-state index contributed by atoms with van der Waals surface area (Å²) in [6.45, 7) is 6.34. The van der Waals surface area contributed by atoms with E-state index in [1.807, 2.05) is 32.2 Å². The fourth-order valence-corrected chi connectivity index (χ4v) is 4.41. The molecule has 0 saturated carbocycles. The van der Waals surface area contributed by atoms with Gasteiger partial charge < -0.3 is 15.1 Å². The van der Waals surface area contributed by atoms with E-state index in [9.17, 15) is 22.8 Å². The van der Waals surface area contributed by atoms with Crippen LogP contribution >= 0.6 is 11.3 Å². The van der Waals surface area contributed by atoms with Gasteiger partial charge in [-0.25, -0.2) is 18.0 Å². The van der Waals surface area contributed by atoms with Gasteiger partial charge in [-0.2, -0.15) is 0 Å². The highest BCUT2D eigenvalue weighted by atomic mass is 32.1. The first kappa shape index (κ1) is 26.3. The molecule has 5 nitrogen and oxygen atoms in total. The number of halogens is 3. The average Bonchev–Trinajstić information content (AvgIpc) is 3.20. The highest BCUT2D eigenvalue weighted by Crippen LogP contribution is 2.21. The van der Waals surface area contributed by atoms with Crippen molar-refractivity contribution in [3.05, 3.63) is 87.4 Å². The minimum absolute atomic E-state index is 0.0386. The summed E-state index contributed by atoms with van der Waals surface area (Å²) in [5.41, 5.74) is 1.63. The molecule has 0 radical (unpaired) electrons. The van der Waals surface area contributed by atoms with Gasteiger partial charge in [0.15, 0.2) is 0 Å². The largest absolute Gasteiger partial charge is 0.332 e. The van der Waals surface area contributed by atoms with Crippen LogP contribution in [0.3, 0.4) is 0 Å². The Morgan fingerprint density at radius 2 is 1.63 bits per heavy atom. The van der Waals surface area contributed by atoms with Crippen LogP contribution in [-0.2, 0) is 17.9 Å². The van der Waals surface area contributed by atoms with Crippen molar-refractivity contribution in [1.82, 2.24) is 9.80 Å². The second kappa shape index (κ2) is 11.9. The van der Waals surface area contributed by atoms with Crippen molar-refractivity contribution in [2.75, 3.05) is 18.4 Å². The second-order valence-corrected chi connectivity index (χ2v) is 9.73. The van der Waals surface area contributed by atoms with Gasteiger partial charge in [-0.1, -0.05) is 26.0 Å². The number of benzene rings is 2. The standard InChI is InChI=1S/C26H28F3N3O2S/c1-17(2)13-32(26(34)30-23-9-8-21(28)12-22(23)29)16-25(33)31(15-24-18(3)10-11-35-24)14-19-4-6-20(27)7-5-19/h4-12,17H,13-16H2,1-3H3,(H,30,34). The summed E-state index contributed by atoms with van der Waals surface area (Å²) in [6.07, 6.45) is 0. The highest BCUT2D eigenvalue weighted by Gasteiger charge is 2.24. The fourth-order valence-electron chi connectivity index (χ4n) is 3.49. The molecule has 0 atom stereocenters. The minimum Gasteiger partial charge on any atom is -0.332 e. The summed E-state index contributed by atoms with van der Waals surface area (Å²) in [4.78, 5) is 30.3. The number of amides is 3. The Bertz CT molecular complexity index is 1160. The van der Waals surface area contributed by atoms with E-state index < -0.39 is 17.7 Å². The SMILES string of the molecule is Cc1ccsc1CN(Cc1ccc(F)cc1)C(=O)CN(CC(C)C)C(=O)Nc1ccc(F)cc1F. The molecule has 0 aliphatic heterocycles. The third-order valence-electron chi connectivity index (χ3n) is 5.31. The van der Waals surface area contributed by atoms with E-state index in [1.165, 1.54) is 28.4 Å². The summed E-state index contributed by atoms with van der Waals surface area (Å²) in [6, 6.07) is 10.1. The molecule has 1 aromatic heterocycles. The maximum absolute atomic E-state index is 14.1. The highest BCUT2D eigenvalue weighted by molar-refractivity contribution is 7.10. The van der Waals surface area contributed by atoms with Crippen LogP contribution < -0.4 is 5.32 Å². The Morgan fingerprint density at radius 1 is 0.943 bits per heavy atom. The van der Waals surface area contributed by atoms with E-state index in [1.54, 1.807) is 17.0 Å². The smallest absolute Gasteiger partial charge is 0.322 e. The lowest BCUT2D eigenvalue weighted by Gasteiger charge is -2.29. The van der Waals surface area contributed by atoms with Crippen LogP contribution in [0, 0.1) is 30.3 Å². The molecule has 0 bridgehead atoms. The van der Waals surface area contributed by atoms with Gasteiger partial charge >= 0.3 is 6.03 Å². The predicted octanol–water partition coefficient (Wildman–Crippen LogP) is 6.19. The van der Waals surface area contributed by atoms with Crippen molar-refractivity contribution in [3.63, 3.8) is 0 Å². The molecule has 0 fully saturated rings. The van der Waals surface area contributed by atoms with Gasteiger partial charge in [0.05, 0.1) is 12.2 Å². The number of anilines is 1. The number of hydrogen-bond acceptors (Lipinski definition) is 3. The van der Waals surface area contributed by atoms with Gasteiger partial charge in [0, 0.05) is 24.0 Å². The lowest BCUT2D eigenvalue weighted by molar-refractivity contribution is -0.133. The monoisotopic (exact) mass is 503 g/mol. The van der Waals surface area contributed by atoms with Crippen LogP contribution in [-0.4, -0.2) is 34.8 Å². The maximum Gasteiger partial charge on any atom is 0.322 e. The molecule has 3 aromatic rings. The summed E-state index contributed by atoms with van der Waals surface area (Å²) in [5, 5.41) is 4.38. The fraction of sp³-hybridized carbons (Fsp3) is 0.308. The van der Waals surface area contributed by atoms with Crippen LogP contribution in [0.15, 0.2) is 53.9 Å². The molecule has 1 heterocycles. The average molecular weight is 504 g/mol. The lowest BCUT2D eigenvalue weighted by Crippen LogP contribution is -2.45. The zero-order valence-corrected chi connectivity index (χ0v) is 20.7. The quantitative estimate of drug-likeness (QED) is 0.378. The van der Waals surface area contributed by atoms with Crippen LogP contribution in [0.5, 0.6) is 0 Å². The van der Waals surface area contributed by atoms with E-state index in [-0.39, 0.29) is 43.0 Å². The van der Waals surface area contributed by atoms with Gasteiger partial charge in [0.25, 0.3) is 0 Å². The number of nitrogens with one attached hydrogen (secondary N) is 1. The van der Waals surface area contributed by atoms with Gasteiger partial charge in [0.1, 0.15) is 24.0 Å². The molecule has 3 amide bonds. The first-order valence-corrected chi connectivity index (χ1v) is 12.1. The van der Waals surface area contributed by atoms with Crippen molar-refractivity contribution >= 4 is 29.0 Å². The van der Waals surface area contributed by atoms with Gasteiger partial charge in [-0.05, 0) is 59.7 Å². The zero-order valence-electron chi connectivity index (χ0n) is 19.9. The van der Waals surface area contributed by atoms with Gasteiger partial charge in [-0.15, -0.1) is 11.3 Å². The normalized spacial score (nSPS) is 10.9. The molecule has 35 heavy (non-hydrogen) atoms. The van der Waals surface area contributed by atoms with E-state index >= 15 is 0 Å². The summed E-state index contributed by atoms with van der Waals surface area (Å²) >= 11 is 1.53. The van der Waals surface area contributed by atoms with E-state index in [0.29, 0.717) is 12.6 Å². The molecule has 186 valence electrons. The number of thiophene rings is 1. The van der Waals surface area contributed by atoms with E-state index in [2.05, 4.69) is 5.32 Å². The molecule has 9 heteroatoms. The third kappa shape index (κ3) is 7.58. The Balaban J connectivity index is 1.80. The van der Waals surface area contributed by atoms with Gasteiger partial charge in [-0.3, -0.25) is 4.79 Å². The van der Waals surface area contributed by atoms with Crippen molar-refractivity contribution in [1.29, 1.82) is 0 Å². The van der Waals surface area contributed by atoms with Gasteiger partial charge in [0.2, 0.25) is 5.91 Å². The van der Waals surface area contributed by atoms with Crippen LogP contribution in [0.1, 0.15) is 29.9 Å². The predicted molar refractivity (Wildman–Crippen MR) is 131 cm³/mol. The van der Waals surface area contributed by atoms with Crippen molar-refractivity contribution in [3.8, 4) is 0 Å². The number of carbonyl (C=O) groups is 2. The molecule has 1 N–H and O–H groups in total. The summed E-state index contributed by atoms with van der Waals surface area (Å²) in [5.74, 6) is -2.29. The molecular formula is C26H28F3N3O2S. The van der Waals surface area contributed by atoms with E-state index in [0.717, 1.165) is 28.1 Å². The number of aryl methyl sites for hydroxylation is 1. The topological polar surface area (TPSA) is 52.7 Å². The minimum atomic E-state index is -0.903. The number of nitrogens with zero attached hydrogens (tertiary/aromatic N) is 2. The Morgan fingerprint density at radius 3 is 2.23 bits per heavy atom. The Labute approximate surface area is 207 Å². The molecule has 0 aliphatic rings. The molecular weight excluding hydrogens is 475 g/mol. The molecule has 0 saturated heterocycles. The third-order valence-corrected chi connectivity index (χ3v) is 6.32. The van der Waals surface area contributed by atoms with Crippen molar-refractivity contribution < 1.29 is 22.8 Å². The first-order chi connectivity index (χ1) is 16.6. The maximum atomic E-state index is 14.1. The van der Waals surface area contributed by atoms with Crippen LogP contribution in [0.4, 0.5) is 23.7 Å². The Hall–Kier alpha value is -3.33. The number of rotatable bonds is 9. The van der Waals surface area contributed by atoms with Crippen molar-refractivity contribution in [2.24, 2.45) is 5.92 Å².